The minimum Gasteiger partial charge on any atom is -0.294 e. The van der Waals surface area contributed by atoms with Crippen LogP contribution in [0.15, 0.2) is 18.3 Å². The number of nitrogens with zero attached hydrogens (tertiary/aromatic N) is 4. The highest BCUT2D eigenvalue weighted by molar-refractivity contribution is 5.71. The summed E-state index contributed by atoms with van der Waals surface area (Å²) in [6.07, 6.45) is 3.28. The molecule has 0 spiro atoms. The summed E-state index contributed by atoms with van der Waals surface area (Å²) in [6, 6.07) is 3.82. The molecule has 1 aliphatic rings. The first-order valence-electron chi connectivity index (χ1n) is 4.73. The van der Waals surface area contributed by atoms with E-state index in [0.717, 1.165) is 30.0 Å². The van der Waals surface area contributed by atoms with Gasteiger partial charge in [0.25, 0.3) is 0 Å². The number of rotatable bonds is 1. The van der Waals surface area contributed by atoms with E-state index in [9.17, 15) is 4.79 Å². The number of hydrogen-bond acceptors (Lipinski definition) is 4. The Morgan fingerprint density at radius 3 is 3.27 bits per heavy atom. The molecule has 74 valence electrons. The van der Waals surface area contributed by atoms with Crippen LogP contribution in [0.25, 0.3) is 11.4 Å². The molecule has 0 atom stereocenters. The first kappa shape index (κ1) is 8.28. The van der Waals surface area contributed by atoms with E-state index in [2.05, 4.69) is 15.1 Å². The van der Waals surface area contributed by atoms with Crippen molar-refractivity contribution < 1.29 is 4.79 Å². The van der Waals surface area contributed by atoms with Gasteiger partial charge in [-0.15, -0.1) is 5.10 Å². The van der Waals surface area contributed by atoms with Gasteiger partial charge in [0.15, 0.2) is 12.1 Å². The second-order valence-corrected chi connectivity index (χ2v) is 3.38. The zero-order valence-electron chi connectivity index (χ0n) is 7.92. The second-order valence-electron chi connectivity index (χ2n) is 3.38. The van der Waals surface area contributed by atoms with Gasteiger partial charge < -0.3 is 0 Å². The van der Waals surface area contributed by atoms with E-state index in [1.807, 2.05) is 12.1 Å². The summed E-state index contributed by atoms with van der Waals surface area (Å²) >= 11 is 0. The highest BCUT2D eigenvalue weighted by Crippen LogP contribution is 2.25. The van der Waals surface area contributed by atoms with Gasteiger partial charge in [-0.3, -0.25) is 9.78 Å². The molecule has 1 aliphatic heterocycles. The number of pyridine rings is 1. The van der Waals surface area contributed by atoms with Crippen LogP contribution in [0.2, 0.25) is 0 Å². The monoisotopic (exact) mass is 200 g/mol. The molecule has 2 aromatic rings. The molecule has 3 rings (SSSR count). The number of carbonyl (C=O) groups excluding carboxylic acids is 1. The van der Waals surface area contributed by atoms with Crippen LogP contribution in [0.5, 0.6) is 0 Å². The van der Waals surface area contributed by atoms with Crippen molar-refractivity contribution in [1.29, 1.82) is 0 Å². The first-order valence-corrected chi connectivity index (χ1v) is 4.73. The Morgan fingerprint density at radius 1 is 1.47 bits per heavy atom. The van der Waals surface area contributed by atoms with Crippen LogP contribution < -0.4 is 0 Å². The van der Waals surface area contributed by atoms with Crippen molar-refractivity contribution in [2.75, 3.05) is 0 Å². The van der Waals surface area contributed by atoms with Gasteiger partial charge in [0.2, 0.25) is 5.82 Å². The molecular weight excluding hydrogens is 192 g/mol. The van der Waals surface area contributed by atoms with Crippen molar-refractivity contribution in [3.8, 4) is 11.4 Å². The summed E-state index contributed by atoms with van der Waals surface area (Å²) in [6.45, 7) is 0.736. The maximum Gasteiger partial charge on any atom is 0.214 e. The fourth-order valence-corrected chi connectivity index (χ4v) is 1.82. The molecule has 0 radical (unpaired) electrons. The molecule has 0 aliphatic carbocycles. The molecule has 5 heteroatoms. The SMILES string of the molecule is O=Cc1nc2n(n1)CCc1ncccc1-2. The van der Waals surface area contributed by atoms with Gasteiger partial charge in [-0.1, -0.05) is 0 Å². The predicted molar refractivity (Wildman–Crippen MR) is 52.3 cm³/mol. The Kier molecular flexibility index (Phi) is 1.65. The van der Waals surface area contributed by atoms with E-state index in [1.54, 1.807) is 10.9 Å². The van der Waals surface area contributed by atoms with Crippen LogP contribution in [-0.2, 0) is 13.0 Å². The molecule has 0 saturated heterocycles. The van der Waals surface area contributed by atoms with E-state index < -0.39 is 0 Å². The molecule has 0 N–H and O–H groups in total. The summed E-state index contributed by atoms with van der Waals surface area (Å²) < 4.78 is 1.76. The maximum absolute atomic E-state index is 10.6. The molecule has 15 heavy (non-hydrogen) atoms. The Labute approximate surface area is 85.8 Å². The molecule has 0 unspecified atom stereocenters. The number of fused-ring (bicyclic) bond motifs is 3. The van der Waals surface area contributed by atoms with Crippen molar-refractivity contribution >= 4 is 6.29 Å². The third-order valence-corrected chi connectivity index (χ3v) is 2.49. The van der Waals surface area contributed by atoms with Crippen molar-refractivity contribution in [3.05, 3.63) is 29.8 Å². The molecule has 0 fully saturated rings. The summed E-state index contributed by atoms with van der Waals surface area (Å²) in [5.41, 5.74) is 2.00. The van der Waals surface area contributed by atoms with E-state index >= 15 is 0 Å². The van der Waals surface area contributed by atoms with Gasteiger partial charge in [-0.2, -0.15) is 0 Å². The second kappa shape index (κ2) is 2.98. The zero-order valence-corrected chi connectivity index (χ0v) is 7.92. The molecule has 3 heterocycles. The number of carbonyl (C=O) groups is 1. The van der Waals surface area contributed by atoms with Crippen LogP contribution in [0, 0.1) is 0 Å². The van der Waals surface area contributed by atoms with Crippen molar-refractivity contribution in [2.45, 2.75) is 13.0 Å². The van der Waals surface area contributed by atoms with Crippen LogP contribution >= 0.6 is 0 Å². The molecule has 0 bridgehead atoms. The van der Waals surface area contributed by atoms with Gasteiger partial charge in [0.05, 0.1) is 5.69 Å². The van der Waals surface area contributed by atoms with E-state index in [0.29, 0.717) is 6.29 Å². The quantitative estimate of drug-likeness (QED) is 0.636. The lowest BCUT2D eigenvalue weighted by Gasteiger charge is -2.14. The minimum absolute atomic E-state index is 0.238. The van der Waals surface area contributed by atoms with E-state index in [4.69, 9.17) is 0 Å². The Morgan fingerprint density at radius 2 is 2.40 bits per heavy atom. The van der Waals surface area contributed by atoms with Crippen LogP contribution in [-0.4, -0.2) is 26.0 Å². The first-order chi connectivity index (χ1) is 7.38. The molecular formula is C10H8N4O. The third-order valence-electron chi connectivity index (χ3n) is 2.49. The average molecular weight is 200 g/mol. The Hall–Kier alpha value is -2.04. The lowest BCUT2D eigenvalue weighted by Crippen LogP contribution is -2.13. The van der Waals surface area contributed by atoms with E-state index in [-0.39, 0.29) is 5.82 Å². The standard InChI is InChI=1S/C10H8N4O/c15-6-9-12-10-7-2-1-4-11-8(7)3-5-14(10)13-9/h1-2,4,6H,3,5H2. The van der Waals surface area contributed by atoms with Gasteiger partial charge >= 0.3 is 0 Å². The highest BCUT2D eigenvalue weighted by atomic mass is 16.1. The van der Waals surface area contributed by atoms with Gasteiger partial charge in [-0.05, 0) is 12.1 Å². The topological polar surface area (TPSA) is 60.7 Å². The molecule has 2 aromatic heterocycles. The van der Waals surface area contributed by atoms with Gasteiger partial charge in [0.1, 0.15) is 0 Å². The number of hydrogen-bond donors (Lipinski definition) is 0. The lowest BCUT2D eigenvalue weighted by atomic mass is 10.1. The lowest BCUT2D eigenvalue weighted by molar-refractivity contribution is 0.111. The number of aryl methyl sites for hydroxylation is 2. The third kappa shape index (κ3) is 1.16. The Bertz CT molecular complexity index is 532. The van der Waals surface area contributed by atoms with E-state index in [1.165, 1.54) is 0 Å². The zero-order chi connectivity index (χ0) is 10.3. The van der Waals surface area contributed by atoms with Gasteiger partial charge in [0, 0.05) is 24.7 Å². The maximum atomic E-state index is 10.6. The molecule has 0 amide bonds. The predicted octanol–water partition coefficient (Wildman–Crippen LogP) is 0.709. The highest BCUT2D eigenvalue weighted by Gasteiger charge is 2.19. The molecule has 0 aromatic carbocycles. The number of aldehydes is 1. The summed E-state index contributed by atoms with van der Waals surface area (Å²) in [5, 5.41) is 4.08. The van der Waals surface area contributed by atoms with Crippen LogP contribution in [0.4, 0.5) is 0 Å². The smallest absolute Gasteiger partial charge is 0.214 e. The van der Waals surface area contributed by atoms with Crippen molar-refractivity contribution in [1.82, 2.24) is 19.7 Å². The largest absolute Gasteiger partial charge is 0.294 e. The molecule has 0 saturated carbocycles. The van der Waals surface area contributed by atoms with Crippen LogP contribution in [0.3, 0.4) is 0 Å². The molecule has 5 nitrogen and oxygen atoms in total. The Balaban J connectivity index is 2.24. The number of aromatic nitrogens is 4. The fourth-order valence-electron chi connectivity index (χ4n) is 1.82. The van der Waals surface area contributed by atoms with Gasteiger partial charge in [-0.25, -0.2) is 9.67 Å². The van der Waals surface area contributed by atoms with Crippen molar-refractivity contribution in [2.24, 2.45) is 0 Å². The normalized spacial score (nSPS) is 13.1. The summed E-state index contributed by atoms with van der Waals surface area (Å²) in [7, 11) is 0. The minimum atomic E-state index is 0.238. The summed E-state index contributed by atoms with van der Waals surface area (Å²) in [5.74, 6) is 0.980. The fraction of sp³-hybridized carbons (Fsp3) is 0.200. The van der Waals surface area contributed by atoms with Crippen LogP contribution in [0.1, 0.15) is 16.3 Å². The summed E-state index contributed by atoms with van der Waals surface area (Å²) in [4.78, 5) is 19.0. The average Bonchev–Trinajstić information content (AvgIpc) is 2.72. The van der Waals surface area contributed by atoms with Crippen molar-refractivity contribution in [3.63, 3.8) is 0 Å².